The monoisotopic (exact) mass is 338 g/mol. The third kappa shape index (κ3) is 2.66. The van der Waals surface area contributed by atoms with Gasteiger partial charge in [0.1, 0.15) is 5.60 Å². The first kappa shape index (κ1) is 16.4. The highest BCUT2D eigenvalue weighted by Gasteiger charge is 2.59. The quantitative estimate of drug-likeness (QED) is 0.830. The lowest BCUT2D eigenvalue weighted by Crippen LogP contribution is -2.51. The fraction of sp³-hybridized carbons (Fsp3) is 0.562. The topological polar surface area (TPSA) is 98.5 Å². The van der Waals surface area contributed by atoms with Crippen LogP contribution in [0.15, 0.2) is 24.3 Å². The number of benzene rings is 1. The fourth-order valence-electron chi connectivity index (χ4n) is 3.32. The van der Waals surface area contributed by atoms with Crippen molar-refractivity contribution in [2.45, 2.75) is 43.0 Å². The van der Waals surface area contributed by atoms with E-state index in [1.54, 1.807) is 0 Å². The average Bonchev–Trinajstić information content (AvgIpc) is 3.34. The van der Waals surface area contributed by atoms with Crippen molar-refractivity contribution in [1.29, 1.82) is 0 Å². The minimum Gasteiger partial charge on any atom is -0.368 e. The number of hydrogen-bond acceptors (Lipinski definition) is 4. The van der Waals surface area contributed by atoms with Crippen LogP contribution in [0.3, 0.4) is 0 Å². The van der Waals surface area contributed by atoms with Crippen molar-refractivity contribution < 1.29 is 17.9 Å². The van der Waals surface area contributed by atoms with E-state index in [0.29, 0.717) is 13.0 Å². The molecule has 1 aliphatic heterocycles. The summed E-state index contributed by atoms with van der Waals surface area (Å²) in [5.74, 6) is -0.514. The Hall–Kier alpha value is -1.44. The molecule has 1 fully saturated rings. The van der Waals surface area contributed by atoms with E-state index in [1.165, 1.54) is 5.56 Å². The summed E-state index contributed by atoms with van der Waals surface area (Å²) in [6.45, 7) is 2.83. The molecule has 7 heteroatoms. The van der Waals surface area contributed by atoms with Gasteiger partial charge in [0.05, 0.1) is 13.2 Å². The largest absolute Gasteiger partial charge is 0.368 e. The summed E-state index contributed by atoms with van der Waals surface area (Å²) in [5.41, 5.74) is 1.66. The van der Waals surface area contributed by atoms with Crippen LogP contribution in [0.1, 0.15) is 37.3 Å². The number of nitrogens with one attached hydrogen (secondary N) is 1. The number of nitrogens with two attached hydrogens (primary N) is 1. The van der Waals surface area contributed by atoms with Crippen LogP contribution < -0.4 is 10.5 Å². The number of amides is 1. The third-order valence-electron chi connectivity index (χ3n) is 5.03. The zero-order chi connectivity index (χ0) is 16.7. The lowest BCUT2D eigenvalue weighted by atomic mass is 9.84. The summed E-state index contributed by atoms with van der Waals surface area (Å²) in [4.78, 5) is 12.4. The molecule has 2 aliphatic rings. The molecule has 3 rings (SSSR count). The van der Waals surface area contributed by atoms with E-state index in [9.17, 15) is 13.2 Å². The van der Waals surface area contributed by atoms with Crippen molar-refractivity contribution in [2.24, 2.45) is 5.14 Å². The van der Waals surface area contributed by atoms with Gasteiger partial charge in [-0.1, -0.05) is 31.2 Å². The van der Waals surface area contributed by atoms with Gasteiger partial charge >= 0.3 is 0 Å². The molecule has 23 heavy (non-hydrogen) atoms. The molecule has 6 nitrogen and oxygen atoms in total. The minimum atomic E-state index is -3.88. The second kappa shape index (κ2) is 5.58. The van der Waals surface area contributed by atoms with E-state index in [2.05, 4.69) is 11.4 Å². The van der Waals surface area contributed by atoms with E-state index in [1.807, 2.05) is 25.1 Å². The molecule has 1 unspecified atom stereocenters. The van der Waals surface area contributed by atoms with E-state index < -0.39 is 26.3 Å². The molecule has 0 saturated heterocycles. The van der Waals surface area contributed by atoms with Crippen molar-refractivity contribution in [2.75, 3.05) is 13.2 Å². The molecule has 0 aromatic heterocycles. The molecule has 1 aliphatic carbocycles. The van der Waals surface area contributed by atoms with Crippen LogP contribution in [0.25, 0.3) is 0 Å². The summed E-state index contributed by atoms with van der Waals surface area (Å²) < 4.78 is 27.9. The van der Waals surface area contributed by atoms with Crippen LogP contribution in [0.2, 0.25) is 0 Å². The van der Waals surface area contributed by atoms with E-state index in [-0.39, 0.29) is 19.4 Å². The van der Waals surface area contributed by atoms with Gasteiger partial charge in [0.15, 0.2) is 4.75 Å². The molecule has 3 N–H and O–H groups in total. The number of carbonyl (C=O) groups excluding carboxylic acids is 1. The van der Waals surface area contributed by atoms with Gasteiger partial charge in [-0.3, -0.25) is 4.79 Å². The average molecular weight is 338 g/mol. The van der Waals surface area contributed by atoms with Crippen LogP contribution in [-0.4, -0.2) is 32.2 Å². The van der Waals surface area contributed by atoms with Gasteiger partial charge in [0, 0.05) is 0 Å². The number of hydrogen-bond donors (Lipinski definition) is 2. The highest BCUT2D eigenvalue weighted by molar-refractivity contribution is 7.91. The fourth-order valence-corrected chi connectivity index (χ4v) is 4.32. The predicted molar refractivity (Wildman–Crippen MR) is 86.1 cm³/mol. The zero-order valence-electron chi connectivity index (χ0n) is 13.2. The Balaban J connectivity index is 1.81. The van der Waals surface area contributed by atoms with Gasteiger partial charge in [-0.15, -0.1) is 0 Å². The van der Waals surface area contributed by atoms with Crippen molar-refractivity contribution in [1.82, 2.24) is 5.32 Å². The number of rotatable bonds is 5. The second-order valence-electron chi connectivity index (χ2n) is 6.33. The Labute approximate surface area is 136 Å². The van der Waals surface area contributed by atoms with Crippen LogP contribution in [0, 0.1) is 0 Å². The molecule has 0 bridgehead atoms. The van der Waals surface area contributed by atoms with Gasteiger partial charge in [0.25, 0.3) is 0 Å². The summed E-state index contributed by atoms with van der Waals surface area (Å²) in [6, 6.07) is 8.02. The van der Waals surface area contributed by atoms with Crippen LogP contribution in [-0.2, 0) is 31.6 Å². The van der Waals surface area contributed by atoms with E-state index in [4.69, 9.17) is 9.88 Å². The van der Waals surface area contributed by atoms with Crippen molar-refractivity contribution in [3.63, 3.8) is 0 Å². The van der Waals surface area contributed by atoms with Crippen LogP contribution >= 0.6 is 0 Å². The highest BCUT2D eigenvalue weighted by Crippen LogP contribution is 2.43. The predicted octanol–water partition coefficient (Wildman–Crippen LogP) is 0.802. The molecule has 1 saturated carbocycles. The Kier molecular flexibility index (Phi) is 3.98. The van der Waals surface area contributed by atoms with E-state index >= 15 is 0 Å². The van der Waals surface area contributed by atoms with Gasteiger partial charge in [-0.25, -0.2) is 13.6 Å². The maximum atomic E-state index is 12.4. The van der Waals surface area contributed by atoms with Crippen molar-refractivity contribution >= 4 is 15.9 Å². The Morgan fingerprint density at radius 1 is 1.35 bits per heavy atom. The SMILES string of the molecule is CCC1(CNC(=O)C2(S(N)(=O)=O)CC2)OCCc2ccccc21. The number of ether oxygens (including phenoxy) is 1. The number of primary sulfonamides is 1. The minimum absolute atomic E-state index is 0.247. The molecule has 126 valence electrons. The first-order valence-electron chi connectivity index (χ1n) is 7.88. The first-order chi connectivity index (χ1) is 10.8. The molecule has 0 spiro atoms. The zero-order valence-corrected chi connectivity index (χ0v) is 14.0. The normalized spacial score (nSPS) is 25.5. The molecular formula is C16H22N2O4S. The summed E-state index contributed by atoms with van der Waals surface area (Å²) in [7, 11) is -3.88. The van der Waals surface area contributed by atoms with Crippen LogP contribution in [0.4, 0.5) is 0 Å². The van der Waals surface area contributed by atoms with Gasteiger partial charge in [-0.2, -0.15) is 0 Å². The van der Waals surface area contributed by atoms with Gasteiger partial charge in [0.2, 0.25) is 15.9 Å². The third-order valence-corrected chi connectivity index (χ3v) is 6.71. The molecule has 1 amide bonds. The Bertz CT molecular complexity index is 727. The Morgan fingerprint density at radius 2 is 2.04 bits per heavy atom. The van der Waals surface area contributed by atoms with Crippen molar-refractivity contribution in [3.05, 3.63) is 35.4 Å². The first-order valence-corrected chi connectivity index (χ1v) is 9.42. The summed E-state index contributed by atoms with van der Waals surface area (Å²) in [5, 5.41) is 7.98. The van der Waals surface area contributed by atoms with Gasteiger partial charge < -0.3 is 10.1 Å². The Morgan fingerprint density at radius 3 is 2.65 bits per heavy atom. The molecule has 1 aromatic rings. The van der Waals surface area contributed by atoms with Gasteiger partial charge in [-0.05, 0) is 36.8 Å². The number of carbonyl (C=O) groups is 1. The molecule has 0 radical (unpaired) electrons. The van der Waals surface area contributed by atoms with Crippen molar-refractivity contribution in [3.8, 4) is 0 Å². The standard InChI is InChI=1S/C16H22N2O4S/c1-2-15(13-6-4-3-5-12(13)7-10-22-15)11-18-14(19)16(8-9-16)23(17,20)21/h3-6H,2,7-11H2,1H3,(H,18,19)(H2,17,20,21). The molecule has 1 aromatic carbocycles. The van der Waals surface area contributed by atoms with E-state index in [0.717, 1.165) is 12.0 Å². The number of sulfonamides is 1. The maximum absolute atomic E-state index is 12.4. The smallest absolute Gasteiger partial charge is 0.242 e. The van der Waals surface area contributed by atoms with Crippen LogP contribution in [0.5, 0.6) is 0 Å². The summed E-state index contributed by atoms with van der Waals surface area (Å²) >= 11 is 0. The second-order valence-corrected chi connectivity index (χ2v) is 8.20. The molecular weight excluding hydrogens is 316 g/mol. The maximum Gasteiger partial charge on any atom is 0.242 e. The number of fused-ring (bicyclic) bond motifs is 1. The summed E-state index contributed by atoms with van der Waals surface area (Å²) in [6.07, 6.45) is 2.10. The lowest BCUT2D eigenvalue weighted by molar-refractivity contribution is -0.124. The molecule has 1 heterocycles. The highest BCUT2D eigenvalue weighted by atomic mass is 32.2. The molecule has 1 atom stereocenters. The lowest BCUT2D eigenvalue weighted by Gasteiger charge is -2.39.